The molecule has 2 heterocycles. The number of pyridine rings is 1. The third-order valence-electron chi connectivity index (χ3n) is 5.78. The summed E-state index contributed by atoms with van der Waals surface area (Å²) in [5, 5.41) is 14.0. The van der Waals surface area contributed by atoms with Crippen molar-refractivity contribution >= 4 is 34.3 Å². The predicted molar refractivity (Wildman–Crippen MR) is 149 cm³/mol. The van der Waals surface area contributed by atoms with Crippen molar-refractivity contribution in [1.82, 2.24) is 15.0 Å². The van der Waals surface area contributed by atoms with Crippen molar-refractivity contribution in [3.8, 4) is 11.5 Å². The van der Waals surface area contributed by atoms with Crippen LogP contribution in [0, 0.1) is 0 Å². The Morgan fingerprint density at radius 1 is 0.892 bits per heavy atom. The van der Waals surface area contributed by atoms with E-state index in [2.05, 4.69) is 36.1 Å². The van der Waals surface area contributed by atoms with Crippen molar-refractivity contribution in [2.75, 3.05) is 5.32 Å². The van der Waals surface area contributed by atoms with Crippen LogP contribution in [0.2, 0.25) is 0 Å². The Bertz CT molecular complexity index is 1520. The van der Waals surface area contributed by atoms with Gasteiger partial charge in [0.05, 0.1) is 11.1 Å². The minimum atomic E-state index is -0.0783. The Morgan fingerprint density at radius 3 is 2.43 bits per heavy atom. The van der Waals surface area contributed by atoms with Gasteiger partial charge in [0, 0.05) is 27.0 Å². The lowest BCUT2D eigenvalue weighted by molar-refractivity contribution is 0.306. The van der Waals surface area contributed by atoms with Crippen molar-refractivity contribution in [2.45, 2.75) is 42.6 Å². The van der Waals surface area contributed by atoms with Gasteiger partial charge in [0.25, 0.3) is 0 Å². The number of aromatic nitrogens is 3. The van der Waals surface area contributed by atoms with Crippen LogP contribution in [-0.4, -0.2) is 20.1 Å². The van der Waals surface area contributed by atoms with Gasteiger partial charge in [0.1, 0.15) is 30.3 Å². The second kappa shape index (κ2) is 10.5. The predicted octanol–water partition coefficient (Wildman–Crippen LogP) is 7.50. The maximum absolute atomic E-state index is 9.67. The Balaban J connectivity index is 1.49. The Morgan fingerprint density at radius 2 is 1.68 bits per heavy atom. The largest absolute Gasteiger partial charge is 0.508 e. The highest BCUT2D eigenvalue weighted by molar-refractivity contribution is 7.99. The summed E-state index contributed by atoms with van der Waals surface area (Å²) in [6, 6.07) is 27.3. The van der Waals surface area contributed by atoms with E-state index in [9.17, 15) is 5.11 Å². The summed E-state index contributed by atoms with van der Waals surface area (Å²) >= 11 is 1.59. The molecule has 0 saturated heterocycles. The standard InChI is InChI=1S/C30H28N4O2S/c1-30(2,3)27-16-14-24-28(31-19-32-29(24)34-27)33-25-17-22(36-18-20-7-5-4-6-8-20)11-15-26(25)37-23-12-9-21(35)10-13-23/h4-17,19,35H,18H2,1-3H3,(H,31,32,33,34). The first-order valence-electron chi connectivity index (χ1n) is 12.0. The van der Waals surface area contributed by atoms with Crippen LogP contribution in [0.3, 0.4) is 0 Å². The SMILES string of the molecule is CC(C)(C)c1ccc2c(Nc3cc(OCc4ccccc4)ccc3Sc3ccc(O)cc3)ncnc2n1. The van der Waals surface area contributed by atoms with Gasteiger partial charge in [0.2, 0.25) is 0 Å². The first-order valence-corrected chi connectivity index (χ1v) is 12.8. The van der Waals surface area contributed by atoms with Crippen molar-refractivity contribution in [1.29, 1.82) is 0 Å². The highest BCUT2D eigenvalue weighted by atomic mass is 32.2. The molecule has 5 rings (SSSR count). The maximum Gasteiger partial charge on any atom is 0.164 e. The summed E-state index contributed by atoms with van der Waals surface area (Å²) in [4.78, 5) is 15.7. The number of nitrogens with one attached hydrogen (secondary N) is 1. The van der Waals surface area contributed by atoms with Crippen molar-refractivity contribution in [3.63, 3.8) is 0 Å². The first kappa shape index (κ1) is 24.6. The highest BCUT2D eigenvalue weighted by Gasteiger charge is 2.17. The summed E-state index contributed by atoms with van der Waals surface area (Å²) in [6.07, 6.45) is 1.53. The summed E-state index contributed by atoms with van der Waals surface area (Å²) in [5.41, 5.74) is 3.50. The van der Waals surface area contributed by atoms with Crippen LogP contribution >= 0.6 is 11.8 Å². The molecule has 0 fully saturated rings. The minimum absolute atomic E-state index is 0.0783. The number of fused-ring (bicyclic) bond motifs is 1. The fraction of sp³-hybridized carbons (Fsp3) is 0.167. The van der Waals surface area contributed by atoms with Crippen LogP contribution in [0.4, 0.5) is 11.5 Å². The van der Waals surface area contributed by atoms with Crippen LogP contribution in [0.25, 0.3) is 11.0 Å². The number of phenolic OH excluding ortho intramolecular Hbond substituents is 1. The first-order chi connectivity index (χ1) is 17.8. The van der Waals surface area contributed by atoms with E-state index in [1.165, 1.54) is 6.33 Å². The topological polar surface area (TPSA) is 80.2 Å². The molecular weight excluding hydrogens is 480 g/mol. The summed E-state index contributed by atoms with van der Waals surface area (Å²) in [7, 11) is 0. The van der Waals surface area contributed by atoms with E-state index in [0.29, 0.717) is 18.1 Å². The fourth-order valence-corrected chi connectivity index (χ4v) is 4.64. The van der Waals surface area contributed by atoms with Gasteiger partial charge in [-0.3, -0.25) is 0 Å². The normalized spacial score (nSPS) is 11.4. The molecule has 0 spiro atoms. The van der Waals surface area contributed by atoms with E-state index in [1.807, 2.05) is 72.8 Å². The third kappa shape index (κ3) is 6.01. The van der Waals surface area contributed by atoms with Gasteiger partial charge in [-0.1, -0.05) is 62.9 Å². The molecule has 0 atom stereocenters. The van der Waals surface area contributed by atoms with Gasteiger partial charge in [-0.25, -0.2) is 15.0 Å². The van der Waals surface area contributed by atoms with E-state index in [4.69, 9.17) is 9.72 Å². The summed E-state index contributed by atoms with van der Waals surface area (Å²) in [6.45, 7) is 6.88. The molecule has 5 aromatic rings. The molecule has 0 aliphatic rings. The van der Waals surface area contributed by atoms with Crippen LogP contribution < -0.4 is 10.1 Å². The second-order valence-electron chi connectivity index (χ2n) is 9.69. The van der Waals surface area contributed by atoms with E-state index in [1.54, 1.807) is 23.9 Å². The maximum atomic E-state index is 9.67. The molecule has 0 aliphatic carbocycles. The van der Waals surface area contributed by atoms with Crippen LogP contribution in [0.5, 0.6) is 11.5 Å². The molecule has 2 N–H and O–H groups in total. The molecule has 3 aromatic carbocycles. The molecule has 6 nitrogen and oxygen atoms in total. The summed E-state index contributed by atoms with van der Waals surface area (Å²) in [5.74, 6) is 1.65. The number of hydrogen-bond acceptors (Lipinski definition) is 7. The second-order valence-corrected chi connectivity index (χ2v) is 10.8. The zero-order chi connectivity index (χ0) is 25.8. The number of ether oxygens (including phenoxy) is 1. The van der Waals surface area contributed by atoms with Crippen molar-refractivity contribution in [2.24, 2.45) is 0 Å². The Hall–Kier alpha value is -4.10. The average molecular weight is 509 g/mol. The van der Waals surface area contributed by atoms with Crippen LogP contribution in [-0.2, 0) is 12.0 Å². The van der Waals surface area contributed by atoms with E-state index < -0.39 is 0 Å². The number of hydrogen-bond donors (Lipinski definition) is 2. The van der Waals surface area contributed by atoms with Crippen LogP contribution in [0.15, 0.2) is 101 Å². The number of rotatable bonds is 7. The minimum Gasteiger partial charge on any atom is -0.508 e. The lowest BCUT2D eigenvalue weighted by Crippen LogP contribution is -2.13. The fourth-order valence-electron chi connectivity index (χ4n) is 3.75. The molecule has 0 saturated carbocycles. The summed E-state index contributed by atoms with van der Waals surface area (Å²) < 4.78 is 6.10. The third-order valence-corrected chi connectivity index (χ3v) is 6.87. The highest BCUT2D eigenvalue weighted by Crippen LogP contribution is 2.38. The van der Waals surface area contributed by atoms with Gasteiger partial charge in [-0.05, 0) is 54.1 Å². The van der Waals surface area contributed by atoms with Gasteiger partial charge >= 0.3 is 0 Å². The van der Waals surface area contributed by atoms with Gasteiger partial charge in [0.15, 0.2) is 5.65 Å². The molecule has 0 radical (unpaired) electrons. The molecule has 186 valence electrons. The van der Waals surface area contributed by atoms with Gasteiger partial charge in [-0.2, -0.15) is 0 Å². The van der Waals surface area contributed by atoms with E-state index in [0.717, 1.165) is 37.9 Å². The zero-order valence-corrected chi connectivity index (χ0v) is 21.8. The Labute approximate surface area is 220 Å². The molecule has 0 amide bonds. The number of aromatic hydroxyl groups is 1. The molecule has 0 bridgehead atoms. The molecule has 0 aliphatic heterocycles. The Kier molecular flexibility index (Phi) is 6.97. The van der Waals surface area contributed by atoms with Crippen LogP contribution in [0.1, 0.15) is 32.0 Å². The van der Waals surface area contributed by atoms with Crippen molar-refractivity contribution < 1.29 is 9.84 Å². The van der Waals surface area contributed by atoms with E-state index in [-0.39, 0.29) is 11.2 Å². The lowest BCUT2D eigenvalue weighted by atomic mass is 9.91. The smallest absolute Gasteiger partial charge is 0.164 e. The number of anilines is 2. The van der Waals surface area contributed by atoms with Crippen molar-refractivity contribution in [3.05, 3.63) is 103 Å². The molecule has 7 heteroatoms. The quantitative estimate of drug-likeness (QED) is 0.236. The zero-order valence-electron chi connectivity index (χ0n) is 21.0. The monoisotopic (exact) mass is 508 g/mol. The molecule has 0 unspecified atom stereocenters. The average Bonchev–Trinajstić information content (AvgIpc) is 2.90. The number of phenols is 1. The lowest BCUT2D eigenvalue weighted by Gasteiger charge is -2.18. The van der Waals surface area contributed by atoms with Gasteiger partial charge in [-0.15, -0.1) is 0 Å². The van der Waals surface area contributed by atoms with Gasteiger partial charge < -0.3 is 15.2 Å². The molecular formula is C30H28N4O2S. The number of nitrogens with zero attached hydrogens (tertiary/aromatic N) is 3. The molecule has 37 heavy (non-hydrogen) atoms. The molecule has 2 aromatic heterocycles. The number of benzene rings is 3. The van der Waals surface area contributed by atoms with E-state index >= 15 is 0 Å².